The minimum absolute atomic E-state index is 0.0897. The third-order valence-electron chi connectivity index (χ3n) is 0.989. The molecule has 0 aromatic carbocycles. The van der Waals surface area contributed by atoms with Crippen LogP contribution in [-0.4, -0.2) is 18.5 Å². The molecule has 48 valence electrons. The predicted molar refractivity (Wildman–Crippen MR) is 31.8 cm³/mol. The highest BCUT2D eigenvalue weighted by molar-refractivity contribution is 5.79. The van der Waals surface area contributed by atoms with Crippen LogP contribution in [0.5, 0.6) is 0 Å². The molecule has 0 rings (SSSR count). The van der Waals surface area contributed by atoms with E-state index in [-0.39, 0.29) is 11.9 Å². The van der Waals surface area contributed by atoms with Gasteiger partial charge in [-0.25, -0.2) is 0 Å². The van der Waals surface area contributed by atoms with Crippen LogP contribution in [0.1, 0.15) is 20.8 Å². The van der Waals surface area contributed by atoms with E-state index in [0.29, 0.717) is 6.61 Å². The van der Waals surface area contributed by atoms with Crippen molar-refractivity contribution in [1.29, 1.82) is 0 Å². The van der Waals surface area contributed by atoms with Gasteiger partial charge in [0, 0.05) is 6.61 Å². The Balaban J connectivity index is 3.32. The standard InChI is InChI=1S/C6H12O2/c1-4-8-6(3)5(2)7/h6H,4H2,1-3H3/t6-/m0/s1. The molecular weight excluding hydrogens is 104 g/mol. The maximum atomic E-state index is 10.4. The highest BCUT2D eigenvalue weighted by atomic mass is 16.5. The number of rotatable bonds is 3. The van der Waals surface area contributed by atoms with E-state index in [1.54, 1.807) is 6.92 Å². The Bertz CT molecular complexity index is 78.6. The molecule has 0 N–H and O–H groups in total. The first kappa shape index (κ1) is 7.63. The van der Waals surface area contributed by atoms with Crippen molar-refractivity contribution >= 4 is 5.78 Å². The fourth-order valence-electron chi connectivity index (χ4n) is 0.367. The molecule has 0 aromatic heterocycles. The Labute approximate surface area is 49.8 Å². The lowest BCUT2D eigenvalue weighted by atomic mass is 10.3. The largest absolute Gasteiger partial charge is 0.371 e. The van der Waals surface area contributed by atoms with E-state index in [1.807, 2.05) is 6.92 Å². The molecule has 0 amide bonds. The molecule has 0 saturated heterocycles. The number of Topliss-reactive ketones (excluding diaryl/α,β-unsaturated/α-hetero) is 1. The molecule has 2 heteroatoms. The molecule has 0 heterocycles. The van der Waals surface area contributed by atoms with Crippen LogP contribution in [-0.2, 0) is 9.53 Å². The number of hydrogen-bond acceptors (Lipinski definition) is 2. The summed E-state index contributed by atoms with van der Waals surface area (Å²) in [5, 5.41) is 0. The first-order valence-corrected chi connectivity index (χ1v) is 2.80. The van der Waals surface area contributed by atoms with E-state index in [4.69, 9.17) is 4.74 Å². The lowest BCUT2D eigenvalue weighted by Gasteiger charge is -2.04. The molecule has 0 unspecified atom stereocenters. The zero-order chi connectivity index (χ0) is 6.57. The summed E-state index contributed by atoms with van der Waals surface area (Å²) in [6.07, 6.45) is -0.222. The first-order chi connectivity index (χ1) is 3.68. The van der Waals surface area contributed by atoms with Crippen molar-refractivity contribution in [2.75, 3.05) is 6.61 Å². The summed E-state index contributed by atoms with van der Waals surface area (Å²) in [5.41, 5.74) is 0. The van der Waals surface area contributed by atoms with E-state index in [9.17, 15) is 4.79 Å². The smallest absolute Gasteiger partial charge is 0.158 e. The quantitative estimate of drug-likeness (QED) is 0.550. The van der Waals surface area contributed by atoms with Gasteiger partial charge in [-0.1, -0.05) is 0 Å². The molecule has 0 aliphatic carbocycles. The van der Waals surface area contributed by atoms with Crippen LogP contribution in [0.2, 0.25) is 0 Å². The molecule has 0 aliphatic heterocycles. The Morgan fingerprint density at radius 3 is 2.38 bits per heavy atom. The molecule has 0 fully saturated rings. The van der Waals surface area contributed by atoms with Crippen LogP contribution in [0, 0.1) is 0 Å². The van der Waals surface area contributed by atoms with Crippen LogP contribution in [0.4, 0.5) is 0 Å². The van der Waals surface area contributed by atoms with Crippen molar-refractivity contribution in [3.8, 4) is 0 Å². The monoisotopic (exact) mass is 116 g/mol. The van der Waals surface area contributed by atoms with Crippen LogP contribution < -0.4 is 0 Å². The number of hydrogen-bond donors (Lipinski definition) is 0. The van der Waals surface area contributed by atoms with Gasteiger partial charge in [0.25, 0.3) is 0 Å². The van der Waals surface area contributed by atoms with Crippen LogP contribution in [0.3, 0.4) is 0 Å². The number of ketones is 1. The van der Waals surface area contributed by atoms with E-state index in [0.717, 1.165) is 0 Å². The van der Waals surface area contributed by atoms with E-state index >= 15 is 0 Å². The fraction of sp³-hybridized carbons (Fsp3) is 0.833. The summed E-state index contributed by atoms with van der Waals surface area (Å²) < 4.78 is 4.95. The topological polar surface area (TPSA) is 26.3 Å². The Morgan fingerprint density at radius 1 is 1.75 bits per heavy atom. The summed E-state index contributed by atoms with van der Waals surface area (Å²) in [7, 11) is 0. The van der Waals surface area contributed by atoms with Gasteiger partial charge in [-0.05, 0) is 20.8 Å². The lowest BCUT2D eigenvalue weighted by Crippen LogP contribution is -2.16. The van der Waals surface area contributed by atoms with Gasteiger partial charge >= 0.3 is 0 Å². The second kappa shape index (κ2) is 3.61. The van der Waals surface area contributed by atoms with Gasteiger partial charge in [-0.15, -0.1) is 0 Å². The fourth-order valence-corrected chi connectivity index (χ4v) is 0.367. The molecule has 0 aromatic rings. The maximum absolute atomic E-state index is 10.4. The SMILES string of the molecule is CCO[C@@H](C)C(C)=O. The van der Waals surface area contributed by atoms with Crippen molar-refractivity contribution in [3.63, 3.8) is 0 Å². The third-order valence-corrected chi connectivity index (χ3v) is 0.989. The zero-order valence-corrected chi connectivity index (χ0v) is 5.60. The van der Waals surface area contributed by atoms with E-state index in [1.165, 1.54) is 6.92 Å². The molecule has 2 nitrogen and oxygen atoms in total. The van der Waals surface area contributed by atoms with Crippen LogP contribution >= 0.6 is 0 Å². The molecule has 0 bridgehead atoms. The molecule has 0 radical (unpaired) electrons. The minimum atomic E-state index is -0.222. The second-order valence-electron chi connectivity index (χ2n) is 1.71. The number of carbonyl (C=O) groups is 1. The second-order valence-corrected chi connectivity index (χ2v) is 1.71. The first-order valence-electron chi connectivity index (χ1n) is 2.80. The molecule has 8 heavy (non-hydrogen) atoms. The Kier molecular flexibility index (Phi) is 3.44. The van der Waals surface area contributed by atoms with Gasteiger partial charge in [0.05, 0.1) is 0 Å². The van der Waals surface area contributed by atoms with Gasteiger partial charge < -0.3 is 4.74 Å². The van der Waals surface area contributed by atoms with Gasteiger partial charge in [0.2, 0.25) is 0 Å². The zero-order valence-electron chi connectivity index (χ0n) is 5.60. The van der Waals surface area contributed by atoms with Crippen molar-refractivity contribution in [3.05, 3.63) is 0 Å². The molecule has 0 spiro atoms. The summed E-state index contributed by atoms with van der Waals surface area (Å²) in [5.74, 6) is 0.0897. The Hall–Kier alpha value is -0.370. The molecular formula is C6H12O2. The average molecular weight is 116 g/mol. The van der Waals surface area contributed by atoms with Crippen molar-refractivity contribution in [2.24, 2.45) is 0 Å². The van der Waals surface area contributed by atoms with Crippen molar-refractivity contribution < 1.29 is 9.53 Å². The predicted octanol–water partition coefficient (Wildman–Crippen LogP) is 1.00. The molecule has 1 atom stereocenters. The third kappa shape index (κ3) is 2.75. The van der Waals surface area contributed by atoms with Gasteiger partial charge in [0.15, 0.2) is 5.78 Å². The van der Waals surface area contributed by atoms with Crippen molar-refractivity contribution in [2.45, 2.75) is 26.9 Å². The van der Waals surface area contributed by atoms with Gasteiger partial charge in [-0.3, -0.25) is 4.79 Å². The molecule has 0 aliphatic rings. The van der Waals surface area contributed by atoms with Gasteiger partial charge in [-0.2, -0.15) is 0 Å². The van der Waals surface area contributed by atoms with Crippen molar-refractivity contribution in [1.82, 2.24) is 0 Å². The summed E-state index contributed by atoms with van der Waals surface area (Å²) >= 11 is 0. The number of carbonyl (C=O) groups excluding carboxylic acids is 1. The minimum Gasteiger partial charge on any atom is -0.371 e. The summed E-state index contributed by atoms with van der Waals surface area (Å²) in [4.78, 5) is 10.4. The summed E-state index contributed by atoms with van der Waals surface area (Å²) in [6.45, 7) is 5.77. The maximum Gasteiger partial charge on any atom is 0.158 e. The number of ether oxygens (including phenoxy) is 1. The van der Waals surface area contributed by atoms with Crippen LogP contribution in [0.25, 0.3) is 0 Å². The Morgan fingerprint density at radius 2 is 2.25 bits per heavy atom. The van der Waals surface area contributed by atoms with Crippen LogP contribution in [0.15, 0.2) is 0 Å². The normalized spacial score (nSPS) is 13.4. The van der Waals surface area contributed by atoms with Gasteiger partial charge in [0.1, 0.15) is 6.10 Å². The van der Waals surface area contributed by atoms with E-state index in [2.05, 4.69) is 0 Å². The highest BCUT2D eigenvalue weighted by Gasteiger charge is 2.03. The lowest BCUT2D eigenvalue weighted by molar-refractivity contribution is -0.126. The summed E-state index contributed by atoms with van der Waals surface area (Å²) in [6, 6.07) is 0. The average Bonchev–Trinajstić information content (AvgIpc) is 1.67. The van der Waals surface area contributed by atoms with E-state index < -0.39 is 0 Å². The highest BCUT2D eigenvalue weighted by Crippen LogP contribution is 1.89. The molecule has 0 saturated carbocycles.